The van der Waals surface area contributed by atoms with Gasteiger partial charge in [0.2, 0.25) is 0 Å². The fraction of sp³-hybridized carbons (Fsp3) is 0.143. The van der Waals surface area contributed by atoms with E-state index >= 15 is 0 Å². The van der Waals surface area contributed by atoms with Crippen molar-refractivity contribution in [1.82, 2.24) is 0 Å². The Morgan fingerprint density at radius 3 is 2.12 bits per heavy atom. The van der Waals surface area contributed by atoms with Gasteiger partial charge in [0.25, 0.3) is 9.84 Å². The largest absolute Gasteiger partial charge is 0.691 e. The molecular formula is C7H4F3O5S2-. The molecule has 0 atom stereocenters. The highest BCUT2D eigenvalue weighted by Gasteiger charge is 2.46. The summed E-state index contributed by atoms with van der Waals surface area (Å²) in [5.74, 6) is 0. The lowest BCUT2D eigenvalue weighted by atomic mass is 10.4. The van der Waals surface area contributed by atoms with Gasteiger partial charge in [-0.2, -0.15) is 17.5 Å². The van der Waals surface area contributed by atoms with Gasteiger partial charge in [-0.25, -0.2) is 8.42 Å². The van der Waals surface area contributed by atoms with Crippen LogP contribution in [0.2, 0.25) is 0 Å². The number of hydrogen-bond acceptors (Lipinski definition) is 6. The second kappa shape index (κ2) is 5.23. The van der Waals surface area contributed by atoms with Crippen LogP contribution in [0, 0.1) is 0 Å². The molecule has 0 heterocycles. The molecule has 1 aromatic rings. The molecule has 0 amide bonds. The standard InChI is InChI=1S/C7H5F3O5S2/c8-7(9,10)17(12,13)6-3-1-5(2-4-6)16-15-14-11/h1-4,11H/p-1. The summed E-state index contributed by atoms with van der Waals surface area (Å²) in [6.45, 7) is 0. The Bertz CT molecular complexity index is 467. The molecule has 0 fully saturated rings. The van der Waals surface area contributed by atoms with E-state index in [1.807, 2.05) is 0 Å². The smallest absolute Gasteiger partial charge is 0.501 e. The van der Waals surface area contributed by atoms with E-state index in [2.05, 4.69) is 9.37 Å². The molecule has 1 rings (SSSR count). The first-order chi connectivity index (χ1) is 7.79. The van der Waals surface area contributed by atoms with E-state index in [-0.39, 0.29) is 4.90 Å². The van der Waals surface area contributed by atoms with E-state index in [9.17, 15) is 26.8 Å². The fourth-order valence-corrected chi connectivity index (χ4v) is 1.98. The molecule has 5 nitrogen and oxygen atoms in total. The molecule has 0 unspecified atom stereocenters. The van der Waals surface area contributed by atoms with Crippen molar-refractivity contribution < 1.29 is 36.2 Å². The zero-order valence-corrected chi connectivity index (χ0v) is 9.43. The maximum Gasteiger partial charge on any atom is 0.501 e. The van der Waals surface area contributed by atoms with Crippen molar-refractivity contribution in [2.24, 2.45) is 0 Å². The highest BCUT2D eigenvalue weighted by molar-refractivity contribution is 7.94. The quantitative estimate of drug-likeness (QED) is 0.471. The SMILES string of the molecule is O=S(=O)(c1ccc(SOO[O-])cc1)C(F)(F)F. The maximum absolute atomic E-state index is 12.1. The van der Waals surface area contributed by atoms with Gasteiger partial charge in [0, 0.05) is 4.90 Å². The number of benzene rings is 1. The van der Waals surface area contributed by atoms with Crippen LogP contribution < -0.4 is 5.26 Å². The lowest BCUT2D eigenvalue weighted by Crippen LogP contribution is -2.23. The summed E-state index contributed by atoms with van der Waals surface area (Å²) < 4.78 is 62.2. The van der Waals surface area contributed by atoms with Gasteiger partial charge >= 0.3 is 5.51 Å². The van der Waals surface area contributed by atoms with Crippen LogP contribution in [0.1, 0.15) is 0 Å². The summed E-state index contributed by atoms with van der Waals surface area (Å²) >= 11 is 0.436. The Morgan fingerprint density at radius 1 is 1.18 bits per heavy atom. The zero-order chi connectivity index (χ0) is 13.1. The van der Waals surface area contributed by atoms with E-state index in [0.29, 0.717) is 12.0 Å². The summed E-state index contributed by atoms with van der Waals surface area (Å²) in [5.41, 5.74) is -5.35. The van der Waals surface area contributed by atoms with Gasteiger partial charge in [-0.05, 0) is 24.3 Å². The molecule has 0 aliphatic rings. The average molecular weight is 289 g/mol. The van der Waals surface area contributed by atoms with Crippen LogP contribution in [0.15, 0.2) is 34.1 Å². The third-order valence-electron chi connectivity index (χ3n) is 1.60. The summed E-state index contributed by atoms with van der Waals surface area (Å²) in [5, 5.41) is 12.5. The average Bonchev–Trinajstić information content (AvgIpc) is 2.25. The first kappa shape index (κ1) is 14.3. The van der Waals surface area contributed by atoms with Crippen molar-refractivity contribution in [1.29, 1.82) is 0 Å². The first-order valence-electron chi connectivity index (χ1n) is 3.83. The zero-order valence-electron chi connectivity index (χ0n) is 7.80. The van der Waals surface area contributed by atoms with Crippen molar-refractivity contribution in [2.45, 2.75) is 15.3 Å². The van der Waals surface area contributed by atoms with Crippen LogP contribution in [0.3, 0.4) is 0 Å². The van der Waals surface area contributed by atoms with Gasteiger partial charge in [-0.3, -0.25) is 5.04 Å². The third kappa shape index (κ3) is 3.33. The molecule has 0 N–H and O–H groups in total. The first-order valence-corrected chi connectivity index (χ1v) is 6.06. The van der Waals surface area contributed by atoms with E-state index in [1.165, 1.54) is 0 Å². The lowest BCUT2D eigenvalue weighted by molar-refractivity contribution is -0.777. The van der Waals surface area contributed by atoms with Gasteiger partial charge < -0.3 is 5.26 Å². The monoisotopic (exact) mass is 289 g/mol. The van der Waals surface area contributed by atoms with Crippen LogP contribution in [0.4, 0.5) is 13.2 Å². The fourth-order valence-electron chi connectivity index (χ4n) is 0.861. The minimum absolute atomic E-state index is 0.210. The number of alkyl halides is 3. The molecule has 0 spiro atoms. The Hall–Kier alpha value is -0.810. The highest BCUT2D eigenvalue weighted by atomic mass is 32.2. The van der Waals surface area contributed by atoms with Crippen LogP contribution in [0.25, 0.3) is 0 Å². The molecule has 10 heteroatoms. The Labute approximate surface area is 98.1 Å². The predicted molar refractivity (Wildman–Crippen MR) is 47.7 cm³/mol. The molecule has 0 bridgehead atoms. The summed E-state index contributed by atoms with van der Waals surface area (Å²) in [7, 11) is -5.36. The van der Waals surface area contributed by atoms with Gasteiger partial charge in [-0.15, -0.1) is 0 Å². The van der Waals surface area contributed by atoms with Crippen molar-refractivity contribution >= 4 is 21.9 Å². The van der Waals surface area contributed by atoms with Gasteiger partial charge in [-0.1, -0.05) is 0 Å². The maximum atomic E-state index is 12.1. The summed E-state index contributed by atoms with van der Waals surface area (Å²) in [6, 6.07) is 3.59. The second-order valence-electron chi connectivity index (χ2n) is 2.64. The molecule has 0 aliphatic heterocycles. The van der Waals surface area contributed by atoms with Gasteiger partial charge in [0.05, 0.1) is 16.9 Å². The van der Waals surface area contributed by atoms with Gasteiger partial charge in [0.15, 0.2) is 0 Å². The van der Waals surface area contributed by atoms with E-state index in [1.54, 1.807) is 0 Å². The molecule has 0 aliphatic carbocycles. The van der Waals surface area contributed by atoms with Crippen LogP contribution >= 0.6 is 12.0 Å². The van der Waals surface area contributed by atoms with Crippen LogP contribution in [0.5, 0.6) is 0 Å². The number of rotatable bonds is 4. The van der Waals surface area contributed by atoms with E-state index < -0.39 is 20.2 Å². The number of halogens is 3. The van der Waals surface area contributed by atoms with Crippen molar-refractivity contribution in [3.05, 3.63) is 24.3 Å². The topological polar surface area (TPSA) is 75.7 Å². The molecular weight excluding hydrogens is 285 g/mol. The van der Waals surface area contributed by atoms with E-state index in [4.69, 9.17) is 0 Å². The molecule has 96 valence electrons. The second-order valence-corrected chi connectivity index (χ2v) is 5.36. The lowest BCUT2D eigenvalue weighted by Gasteiger charge is -2.08. The van der Waals surface area contributed by atoms with Crippen molar-refractivity contribution in [3.63, 3.8) is 0 Å². The van der Waals surface area contributed by atoms with Gasteiger partial charge in [0.1, 0.15) is 0 Å². The van der Waals surface area contributed by atoms with Crippen molar-refractivity contribution in [2.75, 3.05) is 0 Å². The van der Waals surface area contributed by atoms with Crippen LogP contribution in [-0.2, 0) is 19.2 Å². The molecule has 0 saturated heterocycles. The van der Waals surface area contributed by atoms with Crippen molar-refractivity contribution in [3.8, 4) is 0 Å². The molecule has 0 saturated carbocycles. The normalized spacial score (nSPS) is 12.7. The third-order valence-corrected chi connectivity index (χ3v) is 3.69. The number of hydrogen-bond donors (Lipinski definition) is 0. The molecule has 17 heavy (non-hydrogen) atoms. The highest BCUT2D eigenvalue weighted by Crippen LogP contribution is 2.31. The van der Waals surface area contributed by atoms with Crippen LogP contribution in [-0.4, -0.2) is 13.9 Å². The van der Waals surface area contributed by atoms with E-state index in [0.717, 1.165) is 24.3 Å². The number of sulfone groups is 1. The molecule has 1 aromatic carbocycles. The summed E-state index contributed by atoms with van der Waals surface area (Å²) in [4.78, 5) is -0.681. The molecule has 0 radical (unpaired) electrons. The Kier molecular flexibility index (Phi) is 4.38. The predicted octanol–water partition coefficient (Wildman–Crippen LogP) is 1.21. The minimum atomic E-state index is -5.36. The minimum Gasteiger partial charge on any atom is -0.691 e. The Morgan fingerprint density at radius 2 is 1.71 bits per heavy atom. The summed E-state index contributed by atoms with van der Waals surface area (Å²) in [6.07, 6.45) is 0. The Balaban J connectivity index is 2.96. The molecule has 0 aromatic heterocycles.